The molecule has 2 aromatic heterocycles. The molecule has 0 atom stereocenters. The lowest BCUT2D eigenvalue weighted by atomic mass is 10.1. The van der Waals surface area contributed by atoms with E-state index in [1.807, 2.05) is 24.0 Å². The van der Waals surface area contributed by atoms with E-state index < -0.39 is 0 Å². The predicted octanol–water partition coefficient (Wildman–Crippen LogP) is 3.75. The molecule has 1 amide bonds. The van der Waals surface area contributed by atoms with E-state index in [4.69, 9.17) is 9.47 Å². The van der Waals surface area contributed by atoms with E-state index in [9.17, 15) is 4.79 Å². The zero-order valence-electron chi connectivity index (χ0n) is 18.3. The Hall–Kier alpha value is -2.58. The molecule has 7 nitrogen and oxygen atoms in total. The molecule has 2 aliphatic rings. The van der Waals surface area contributed by atoms with Crippen molar-refractivity contribution in [1.29, 1.82) is 0 Å². The van der Waals surface area contributed by atoms with Gasteiger partial charge in [0, 0.05) is 44.7 Å². The van der Waals surface area contributed by atoms with Gasteiger partial charge in [0.1, 0.15) is 4.83 Å². The SMILES string of the molecule is Cc1nn(CC(C)C)c2sc(C(=O)N3CCN(Cc4ccc5c(c4)OCO5)CC3)cc12. The highest BCUT2D eigenvalue weighted by atomic mass is 32.1. The Labute approximate surface area is 186 Å². The Morgan fingerprint density at radius 1 is 1.13 bits per heavy atom. The number of fused-ring (bicyclic) bond motifs is 2. The summed E-state index contributed by atoms with van der Waals surface area (Å²) in [5.74, 6) is 2.29. The Kier molecular flexibility index (Phi) is 5.35. The van der Waals surface area contributed by atoms with Crippen LogP contribution in [0.25, 0.3) is 10.2 Å². The molecule has 31 heavy (non-hydrogen) atoms. The number of hydrogen-bond acceptors (Lipinski definition) is 6. The molecular formula is C23H28N4O3S. The Morgan fingerprint density at radius 2 is 1.90 bits per heavy atom. The highest BCUT2D eigenvalue weighted by Gasteiger charge is 2.25. The summed E-state index contributed by atoms with van der Waals surface area (Å²) in [7, 11) is 0. The second-order valence-electron chi connectivity index (χ2n) is 8.75. The third-order valence-corrected chi connectivity index (χ3v) is 7.00. The quantitative estimate of drug-likeness (QED) is 0.605. The Bertz CT molecular complexity index is 1110. The van der Waals surface area contributed by atoms with Crippen molar-refractivity contribution in [3.05, 3.63) is 40.4 Å². The van der Waals surface area contributed by atoms with Crippen LogP contribution >= 0.6 is 11.3 Å². The lowest BCUT2D eigenvalue weighted by Crippen LogP contribution is -2.48. The molecule has 4 heterocycles. The second kappa shape index (κ2) is 8.16. The maximum atomic E-state index is 13.2. The van der Waals surface area contributed by atoms with Gasteiger partial charge in [0.05, 0.1) is 10.6 Å². The van der Waals surface area contributed by atoms with Crippen LogP contribution in [-0.2, 0) is 13.1 Å². The Morgan fingerprint density at radius 3 is 2.68 bits per heavy atom. The number of amides is 1. The standard InChI is InChI=1S/C23H28N4O3S/c1-15(2)12-27-23-18(16(3)24-27)11-21(31-23)22(28)26-8-6-25(7-9-26)13-17-4-5-19-20(10-17)30-14-29-19/h4-5,10-11,15H,6-9,12-14H2,1-3H3. The number of rotatable bonds is 5. The number of carbonyl (C=O) groups excluding carboxylic acids is 1. The number of aromatic nitrogens is 2. The molecular weight excluding hydrogens is 412 g/mol. The zero-order valence-corrected chi connectivity index (χ0v) is 19.1. The van der Waals surface area contributed by atoms with Crippen molar-refractivity contribution in [1.82, 2.24) is 19.6 Å². The highest BCUT2D eigenvalue weighted by molar-refractivity contribution is 7.20. The minimum atomic E-state index is 0.138. The number of thiophene rings is 1. The summed E-state index contributed by atoms with van der Waals surface area (Å²) in [6.07, 6.45) is 0. The topological polar surface area (TPSA) is 59.8 Å². The van der Waals surface area contributed by atoms with Gasteiger partial charge in [0.25, 0.3) is 5.91 Å². The molecule has 1 aromatic carbocycles. The third kappa shape index (κ3) is 4.02. The molecule has 8 heteroatoms. The smallest absolute Gasteiger partial charge is 0.264 e. The van der Waals surface area contributed by atoms with E-state index >= 15 is 0 Å². The highest BCUT2D eigenvalue weighted by Crippen LogP contribution is 2.33. The van der Waals surface area contributed by atoms with E-state index in [-0.39, 0.29) is 5.91 Å². The second-order valence-corrected chi connectivity index (χ2v) is 9.78. The summed E-state index contributed by atoms with van der Waals surface area (Å²) < 4.78 is 12.9. The number of carbonyl (C=O) groups is 1. The van der Waals surface area contributed by atoms with Crippen LogP contribution in [0.1, 0.15) is 34.8 Å². The largest absolute Gasteiger partial charge is 0.454 e. The number of nitrogens with zero attached hydrogens (tertiary/aromatic N) is 4. The van der Waals surface area contributed by atoms with Crippen molar-refractivity contribution in [3.8, 4) is 11.5 Å². The fourth-order valence-corrected chi connectivity index (χ4v) is 5.39. The average molecular weight is 441 g/mol. The summed E-state index contributed by atoms with van der Waals surface area (Å²) >= 11 is 1.57. The lowest BCUT2D eigenvalue weighted by Gasteiger charge is -2.34. The van der Waals surface area contributed by atoms with Crippen molar-refractivity contribution >= 4 is 27.5 Å². The van der Waals surface area contributed by atoms with Crippen LogP contribution in [0, 0.1) is 12.8 Å². The number of ether oxygens (including phenoxy) is 2. The van der Waals surface area contributed by atoms with Crippen molar-refractivity contribution in [2.24, 2.45) is 5.92 Å². The molecule has 0 N–H and O–H groups in total. The fraction of sp³-hybridized carbons (Fsp3) is 0.478. The molecule has 0 unspecified atom stereocenters. The van der Waals surface area contributed by atoms with Gasteiger partial charge >= 0.3 is 0 Å². The first kappa shape index (κ1) is 20.3. The molecule has 0 bridgehead atoms. The number of hydrogen-bond donors (Lipinski definition) is 0. The van der Waals surface area contributed by atoms with E-state index in [1.165, 1.54) is 5.56 Å². The molecule has 0 radical (unpaired) electrons. The van der Waals surface area contributed by atoms with E-state index in [1.54, 1.807) is 11.3 Å². The van der Waals surface area contributed by atoms with Gasteiger partial charge in [-0.05, 0) is 36.6 Å². The van der Waals surface area contributed by atoms with Crippen molar-refractivity contribution in [2.45, 2.75) is 33.9 Å². The van der Waals surface area contributed by atoms with Crippen LogP contribution in [0.5, 0.6) is 11.5 Å². The van der Waals surface area contributed by atoms with Gasteiger partial charge in [-0.25, -0.2) is 0 Å². The van der Waals surface area contributed by atoms with Crippen LogP contribution < -0.4 is 9.47 Å². The van der Waals surface area contributed by atoms with Gasteiger partial charge < -0.3 is 14.4 Å². The van der Waals surface area contributed by atoms with Crippen LogP contribution in [0.2, 0.25) is 0 Å². The van der Waals surface area contributed by atoms with Crippen molar-refractivity contribution < 1.29 is 14.3 Å². The van der Waals surface area contributed by atoms with E-state index in [0.717, 1.165) is 71.6 Å². The van der Waals surface area contributed by atoms with Gasteiger partial charge in [-0.2, -0.15) is 5.10 Å². The molecule has 5 rings (SSSR count). The average Bonchev–Trinajstić information content (AvgIpc) is 3.45. The normalized spacial score (nSPS) is 16.6. The molecule has 0 aliphatic carbocycles. The van der Waals surface area contributed by atoms with E-state index in [0.29, 0.717) is 12.7 Å². The predicted molar refractivity (Wildman–Crippen MR) is 121 cm³/mol. The summed E-state index contributed by atoms with van der Waals surface area (Å²) in [4.78, 5) is 19.5. The minimum absolute atomic E-state index is 0.138. The molecule has 2 aliphatic heterocycles. The van der Waals surface area contributed by atoms with E-state index in [2.05, 4.69) is 40.7 Å². The van der Waals surface area contributed by atoms with Gasteiger partial charge in [-0.15, -0.1) is 11.3 Å². The van der Waals surface area contributed by atoms with Crippen LogP contribution in [0.3, 0.4) is 0 Å². The van der Waals surface area contributed by atoms with Gasteiger partial charge in [0.2, 0.25) is 6.79 Å². The minimum Gasteiger partial charge on any atom is -0.454 e. The summed E-state index contributed by atoms with van der Waals surface area (Å²) in [5.41, 5.74) is 2.21. The first-order valence-electron chi connectivity index (χ1n) is 10.8. The maximum absolute atomic E-state index is 13.2. The van der Waals surface area contributed by atoms with Crippen LogP contribution in [-0.4, -0.2) is 58.5 Å². The maximum Gasteiger partial charge on any atom is 0.264 e. The summed E-state index contributed by atoms with van der Waals surface area (Å²) in [5, 5.41) is 5.76. The molecule has 0 spiro atoms. The first-order chi connectivity index (χ1) is 15.0. The fourth-order valence-electron chi connectivity index (χ4n) is 4.25. The van der Waals surface area contributed by atoms with Gasteiger partial charge in [-0.3, -0.25) is 14.4 Å². The summed E-state index contributed by atoms with van der Waals surface area (Å²) in [6.45, 7) is 11.6. The van der Waals surface area contributed by atoms with Crippen LogP contribution in [0.4, 0.5) is 0 Å². The van der Waals surface area contributed by atoms with Crippen molar-refractivity contribution in [2.75, 3.05) is 33.0 Å². The number of piperazine rings is 1. The zero-order chi connectivity index (χ0) is 21.5. The summed E-state index contributed by atoms with van der Waals surface area (Å²) in [6, 6.07) is 8.15. The molecule has 164 valence electrons. The molecule has 1 saturated heterocycles. The lowest BCUT2D eigenvalue weighted by molar-refractivity contribution is 0.0633. The van der Waals surface area contributed by atoms with Gasteiger partial charge in [-0.1, -0.05) is 19.9 Å². The number of aryl methyl sites for hydroxylation is 1. The molecule has 0 saturated carbocycles. The first-order valence-corrected chi connectivity index (χ1v) is 11.7. The Balaban J connectivity index is 1.23. The van der Waals surface area contributed by atoms with Crippen LogP contribution in [0.15, 0.2) is 24.3 Å². The molecule has 3 aromatic rings. The third-order valence-electron chi connectivity index (χ3n) is 5.86. The van der Waals surface area contributed by atoms with Crippen molar-refractivity contribution in [3.63, 3.8) is 0 Å². The number of benzene rings is 1. The monoisotopic (exact) mass is 440 g/mol. The molecule has 1 fully saturated rings. The van der Waals surface area contributed by atoms with Gasteiger partial charge in [0.15, 0.2) is 11.5 Å².